The number of hydroxylamine groups is 2. The van der Waals surface area contributed by atoms with Crippen molar-refractivity contribution in [2.24, 2.45) is 5.92 Å². The second kappa shape index (κ2) is 5.88. The quantitative estimate of drug-likeness (QED) is 0.752. The fraction of sp³-hybridized carbons (Fsp3) is 0.846. The zero-order valence-corrected chi connectivity index (χ0v) is 11.6. The van der Waals surface area contributed by atoms with Gasteiger partial charge in [0.05, 0.1) is 25.2 Å². The van der Waals surface area contributed by atoms with Crippen molar-refractivity contribution in [1.29, 1.82) is 0 Å². The monoisotopic (exact) mass is 270 g/mol. The van der Waals surface area contributed by atoms with Crippen molar-refractivity contribution in [3.05, 3.63) is 0 Å². The number of carbonyl (C=O) groups is 2. The predicted octanol–water partition coefficient (Wildman–Crippen LogP) is 0.472. The van der Waals surface area contributed by atoms with Crippen LogP contribution in [0, 0.1) is 5.92 Å². The van der Waals surface area contributed by atoms with E-state index in [1.54, 1.807) is 0 Å². The van der Waals surface area contributed by atoms with Gasteiger partial charge in [-0.2, -0.15) is 0 Å². The van der Waals surface area contributed by atoms with Crippen molar-refractivity contribution in [1.82, 2.24) is 10.4 Å². The molecule has 6 heteroatoms. The molecule has 2 rings (SSSR count). The van der Waals surface area contributed by atoms with Crippen molar-refractivity contribution >= 4 is 11.9 Å². The summed E-state index contributed by atoms with van der Waals surface area (Å²) in [6, 6.07) is 0. The van der Waals surface area contributed by atoms with E-state index in [1.165, 1.54) is 12.2 Å². The molecular weight excluding hydrogens is 248 g/mol. The third-order valence-corrected chi connectivity index (χ3v) is 4.04. The third-order valence-electron chi connectivity index (χ3n) is 4.04. The summed E-state index contributed by atoms with van der Waals surface area (Å²) in [7, 11) is 1.37. The summed E-state index contributed by atoms with van der Waals surface area (Å²) in [5.74, 6) is -0.826. The lowest BCUT2D eigenvalue weighted by atomic mass is 9.78. The minimum atomic E-state index is -0.523. The van der Waals surface area contributed by atoms with Gasteiger partial charge in [-0.15, -0.1) is 0 Å². The van der Waals surface area contributed by atoms with E-state index in [2.05, 4.69) is 5.32 Å². The van der Waals surface area contributed by atoms with Crippen LogP contribution in [0.5, 0.6) is 0 Å². The van der Waals surface area contributed by atoms with E-state index < -0.39 is 11.5 Å². The number of nitrogens with one attached hydrogen (secondary N) is 1. The Morgan fingerprint density at radius 2 is 2.16 bits per heavy atom. The number of ether oxygens (including phenoxy) is 1. The molecule has 0 radical (unpaired) electrons. The lowest BCUT2D eigenvalue weighted by Crippen LogP contribution is -2.56. The highest BCUT2D eigenvalue weighted by atomic mass is 16.7. The summed E-state index contributed by atoms with van der Waals surface area (Å²) in [6.45, 7) is 4.06. The van der Waals surface area contributed by atoms with Crippen molar-refractivity contribution in [3.63, 3.8) is 0 Å². The summed E-state index contributed by atoms with van der Waals surface area (Å²) >= 11 is 0. The second-order valence-corrected chi connectivity index (χ2v) is 5.15. The molecule has 2 aliphatic heterocycles. The Hall–Kier alpha value is -1.14. The Labute approximate surface area is 113 Å². The van der Waals surface area contributed by atoms with E-state index in [9.17, 15) is 9.59 Å². The average Bonchev–Trinajstić information content (AvgIpc) is 2.69. The molecule has 19 heavy (non-hydrogen) atoms. The van der Waals surface area contributed by atoms with Crippen LogP contribution in [0.3, 0.4) is 0 Å². The first-order chi connectivity index (χ1) is 9.15. The zero-order valence-electron chi connectivity index (χ0n) is 11.6. The van der Waals surface area contributed by atoms with Gasteiger partial charge in [0.2, 0.25) is 5.91 Å². The van der Waals surface area contributed by atoms with E-state index in [0.29, 0.717) is 6.61 Å². The lowest BCUT2D eigenvalue weighted by molar-refractivity contribution is -0.220. The first-order valence-corrected chi connectivity index (χ1v) is 6.90. The number of methoxy groups -OCH3 is 1. The molecule has 2 saturated heterocycles. The van der Waals surface area contributed by atoms with Crippen LogP contribution in [0.4, 0.5) is 0 Å². The molecule has 0 aliphatic carbocycles. The zero-order chi connectivity index (χ0) is 13.9. The molecule has 2 aliphatic rings. The molecule has 1 spiro atoms. The summed E-state index contributed by atoms with van der Waals surface area (Å²) in [5.41, 5.74) is -0.523. The van der Waals surface area contributed by atoms with Crippen LogP contribution in [0.25, 0.3) is 0 Å². The fourth-order valence-corrected chi connectivity index (χ4v) is 3.08. The number of amides is 1. The second-order valence-electron chi connectivity index (χ2n) is 5.15. The van der Waals surface area contributed by atoms with Crippen molar-refractivity contribution < 1.29 is 19.2 Å². The van der Waals surface area contributed by atoms with Crippen LogP contribution in [-0.2, 0) is 19.2 Å². The Balaban J connectivity index is 2.25. The van der Waals surface area contributed by atoms with Crippen LogP contribution in [0.1, 0.15) is 32.6 Å². The maximum Gasteiger partial charge on any atom is 0.311 e. The molecule has 0 aromatic rings. The third kappa shape index (κ3) is 2.47. The summed E-state index contributed by atoms with van der Waals surface area (Å²) in [5, 5.41) is 4.73. The number of rotatable bonds is 4. The molecule has 0 aromatic carbocycles. The smallest absolute Gasteiger partial charge is 0.311 e. The van der Waals surface area contributed by atoms with E-state index in [4.69, 9.17) is 9.57 Å². The van der Waals surface area contributed by atoms with Gasteiger partial charge in [-0.05, 0) is 32.4 Å². The van der Waals surface area contributed by atoms with Crippen LogP contribution in [0.15, 0.2) is 0 Å². The lowest BCUT2D eigenvalue weighted by Gasteiger charge is -2.42. The molecule has 1 N–H and O–H groups in total. The minimum absolute atomic E-state index is 0.106. The molecule has 0 aromatic heterocycles. The minimum Gasteiger partial charge on any atom is -0.469 e. The summed E-state index contributed by atoms with van der Waals surface area (Å²) in [6.07, 6.45) is 2.47. The Morgan fingerprint density at radius 3 is 2.74 bits per heavy atom. The van der Waals surface area contributed by atoms with Gasteiger partial charge in [0.25, 0.3) is 0 Å². The van der Waals surface area contributed by atoms with E-state index in [0.717, 1.165) is 32.4 Å². The normalized spacial score (nSPS) is 25.9. The van der Waals surface area contributed by atoms with Gasteiger partial charge in [-0.3, -0.25) is 14.4 Å². The topological polar surface area (TPSA) is 67.9 Å². The highest BCUT2D eigenvalue weighted by molar-refractivity contribution is 5.88. The Kier molecular flexibility index (Phi) is 4.42. The molecule has 108 valence electrons. The SMILES string of the molecule is CCCON1C(=O)CC(C(=O)OC)C12CCNCC2. The molecule has 1 unspecified atom stereocenters. The van der Waals surface area contributed by atoms with Gasteiger partial charge in [0, 0.05) is 6.42 Å². The summed E-state index contributed by atoms with van der Waals surface area (Å²) in [4.78, 5) is 29.8. The Morgan fingerprint density at radius 1 is 1.47 bits per heavy atom. The van der Waals surface area contributed by atoms with Gasteiger partial charge in [-0.25, -0.2) is 5.06 Å². The number of carbonyl (C=O) groups excluding carboxylic acids is 2. The maximum atomic E-state index is 12.2. The van der Waals surface area contributed by atoms with E-state index >= 15 is 0 Å². The number of esters is 1. The molecule has 0 saturated carbocycles. The van der Waals surface area contributed by atoms with E-state index in [-0.39, 0.29) is 18.3 Å². The standard InChI is InChI=1S/C13H22N2O4/c1-3-8-19-15-11(16)9-10(12(17)18-2)13(15)4-6-14-7-5-13/h10,14H,3-9H2,1-2H3. The van der Waals surface area contributed by atoms with E-state index in [1.807, 2.05) is 6.92 Å². The predicted molar refractivity (Wildman–Crippen MR) is 68.0 cm³/mol. The molecule has 1 atom stereocenters. The molecule has 1 amide bonds. The van der Waals surface area contributed by atoms with Crippen molar-refractivity contribution in [2.45, 2.75) is 38.1 Å². The molecule has 2 fully saturated rings. The summed E-state index contributed by atoms with van der Waals surface area (Å²) < 4.78 is 4.87. The van der Waals surface area contributed by atoms with Gasteiger partial charge < -0.3 is 10.1 Å². The highest BCUT2D eigenvalue weighted by Gasteiger charge is 2.57. The maximum absolute atomic E-state index is 12.2. The number of hydrogen-bond donors (Lipinski definition) is 1. The Bertz CT molecular complexity index is 353. The van der Waals surface area contributed by atoms with Crippen molar-refractivity contribution in [3.8, 4) is 0 Å². The first-order valence-electron chi connectivity index (χ1n) is 6.90. The van der Waals surface area contributed by atoms with Gasteiger partial charge in [-0.1, -0.05) is 6.92 Å². The number of piperidine rings is 1. The average molecular weight is 270 g/mol. The molecule has 6 nitrogen and oxygen atoms in total. The highest BCUT2D eigenvalue weighted by Crippen LogP contribution is 2.43. The largest absolute Gasteiger partial charge is 0.469 e. The molecular formula is C13H22N2O4. The van der Waals surface area contributed by atoms with Gasteiger partial charge >= 0.3 is 5.97 Å². The van der Waals surface area contributed by atoms with Crippen LogP contribution in [-0.4, -0.2) is 49.3 Å². The number of nitrogens with zero attached hydrogens (tertiary/aromatic N) is 1. The first kappa shape index (κ1) is 14.3. The molecule has 2 heterocycles. The number of hydrogen-bond acceptors (Lipinski definition) is 5. The van der Waals surface area contributed by atoms with Crippen LogP contribution in [0.2, 0.25) is 0 Å². The fourth-order valence-electron chi connectivity index (χ4n) is 3.08. The molecule has 0 bridgehead atoms. The van der Waals surface area contributed by atoms with Crippen LogP contribution >= 0.6 is 0 Å². The van der Waals surface area contributed by atoms with Crippen molar-refractivity contribution in [2.75, 3.05) is 26.8 Å². The van der Waals surface area contributed by atoms with Gasteiger partial charge in [0.1, 0.15) is 0 Å². The van der Waals surface area contributed by atoms with Gasteiger partial charge in [0.15, 0.2) is 0 Å². The van der Waals surface area contributed by atoms with Crippen LogP contribution < -0.4 is 5.32 Å².